The van der Waals surface area contributed by atoms with Crippen molar-refractivity contribution < 1.29 is 9.53 Å². The Labute approximate surface area is 168 Å². The second-order valence-corrected chi connectivity index (χ2v) is 8.79. The lowest BCUT2D eigenvalue weighted by Crippen LogP contribution is -2.31. The fraction of sp³-hybridized carbons (Fsp3) is 0.346. The molecule has 0 saturated carbocycles. The van der Waals surface area contributed by atoms with Crippen molar-refractivity contribution in [3.8, 4) is 0 Å². The van der Waals surface area contributed by atoms with E-state index >= 15 is 0 Å². The summed E-state index contributed by atoms with van der Waals surface area (Å²) < 4.78 is 5.76. The van der Waals surface area contributed by atoms with Crippen molar-refractivity contribution in [1.82, 2.24) is 0 Å². The molecule has 0 bridgehead atoms. The number of hydrogen-bond acceptors (Lipinski definition) is 2. The third kappa shape index (κ3) is 4.44. The Morgan fingerprint density at radius 2 is 1.50 bits per heavy atom. The van der Waals surface area contributed by atoms with Gasteiger partial charge < -0.3 is 4.74 Å². The first kappa shape index (κ1) is 20.1. The number of carbonyl (C=O) groups excluding carboxylic acids is 1. The van der Waals surface area contributed by atoms with Crippen molar-refractivity contribution in [3.63, 3.8) is 0 Å². The monoisotopic (exact) mass is 374 g/mol. The zero-order valence-corrected chi connectivity index (χ0v) is 17.7. The van der Waals surface area contributed by atoms with Crippen LogP contribution in [0.3, 0.4) is 0 Å². The topological polar surface area (TPSA) is 26.3 Å². The molecular weight excluding hydrogens is 344 g/mol. The second-order valence-electron chi connectivity index (χ2n) is 8.79. The summed E-state index contributed by atoms with van der Waals surface area (Å²) >= 11 is 0. The SMILES string of the molecule is Cc1cc(C)cc(C(c2cccc3ccccc23)C(C)C(=O)OC(C)(C)C)c1. The van der Waals surface area contributed by atoms with Crippen LogP contribution in [0, 0.1) is 19.8 Å². The smallest absolute Gasteiger partial charge is 0.310 e. The van der Waals surface area contributed by atoms with Crippen molar-refractivity contribution in [2.24, 2.45) is 5.92 Å². The number of ether oxygens (including phenoxy) is 1. The molecule has 2 nitrogen and oxygen atoms in total. The molecule has 28 heavy (non-hydrogen) atoms. The first-order chi connectivity index (χ1) is 13.2. The third-order valence-corrected chi connectivity index (χ3v) is 5.04. The highest BCUT2D eigenvalue weighted by molar-refractivity contribution is 5.87. The van der Waals surface area contributed by atoms with Crippen LogP contribution in [-0.4, -0.2) is 11.6 Å². The quantitative estimate of drug-likeness (QED) is 0.483. The number of rotatable bonds is 4. The first-order valence-electron chi connectivity index (χ1n) is 9.94. The Hall–Kier alpha value is -2.61. The molecule has 0 aliphatic heterocycles. The van der Waals surface area contributed by atoms with Gasteiger partial charge in [-0.1, -0.05) is 78.7 Å². The third-order valence-electron chi connectivity index (χ3n) is 5.04. The van der Waals surface area contributed by atoms with Crippen molar-refractivity contribution in [1.29, 1.82) is 0 Å². The lowest BCUT2D eigenvalue weighted by molar-refractivity contribution is -0.159. The average Bonchev–Trinajstić information content (AvgIpc) is 2.60. The van der Waals surface area contributed by atoms with Gasteiger partial charge in [-0.2, -0.15) is 0 Å². The van der Waals surface area contributed by atoms with Crippen molar-refractivity contribution in [2.75, 3.05) is 0 Å². The van der Waals surface area contributed by atoms with Crippen LogP contribution in [0.25, 0.3) is 10.8 Å². The lowest BCUT2D eigenvalue weighted by Gasteiger charge is -2.29. The number of hydrogen-bond donors (Lipinski definition) is 0. The van der Waals surface area contributed by atoms with Crippen LogP contribution in [-0.2, 0) is 9.53 Å². The maximum Gasteiger partial charge on any atom is 0.310 e. The summed E-state index contributed by atoms with van der Waals surface area (Å²) in [5, 5.41) is 2.37. The second kappa shape index (κ2) is 7.79. The van der Waals surface area contributed by atoms with E-state index in [-0.39, 0.29) is 17.8 Å². The van der Waals surface area contributed by atoms with Crippen molar-refractivity contribution in [3.05, 3.63) is 82.9 Å². The van der Waals surface area contributed by atoms with E-state index in [0.29, 0.717) is 0 Å². The molecule has 0 heterocycles. The van der Waals surface area contributed by atoms with Crippen LogP contribution >= 0.6 is 0 Å². The van der Waals surface area contributed by atoms with Crippen LogP contribution in [0.2, 0.25) is 0 Å². The van der Waals surface area contributed by atoms with Gasteiger partial charge in [-0.15, -0.1) is 0 Å². The number of esters is 1. The summed E-state index contributed by atoms with van der Waals surface area (Å²) in [6.45, 7) is 12.0. The molecule has 0 N–H and O–H groups in total. The highest BCUT2D eigenvalue weighted by Gasteiger charge is 2.32. The minimum atomic E-state index is -0.503. The summed E-state index contributed by atoms with van der Waals surface area (Å²) in [7, 11) is 0. The van der Waals surface area contributed by atoms with Gasteiger partial charge in [-0.3, -0.25) is 4.79 Å². The minimum Gasteiger partial charge on any atom is -0.460 e. The number of carbonyl (C=O) groups is 1. The number of fused-ring (bicyclic) bond motifs is 1. The standard InChI is InChI=1S/C26H30O2/c1-17-14-18(2)16-21(15-17)24(19(3)25(27)28-26(4,5)6)23-13-9-11-20-10-7-8-12-22(20)23/h7-16,19,24H,1-6H3. The maximum atomic E-state index is 13.0. The van der Waals surface area contributed by atoms with E-state index in [1.807, 2.05) is 27.7 Å². The summed E-state index contributed by atoms with van der Waals surface area (Å²) in [5.74, 6) is -0.532. The van der Waals surface area contributed by atoms with Crippen LogP contribution in [0.1, 0.15) is 55.9 Å². The van der Waals surface area contributed by atoms with Crippen LogP contribution in [0.15, 0.2) is 60.7 Å². The Morgan fingerprint density at radius 3 is 2.14 bits per heavy atom. The van der Waals surface area contributed by atoms with Gasteiger partial charge in [-0.05, 0) is 56.5 Å². The fourth-order valence-electron chi connectivity index (χ4n) is 3.98. The molecular formula is C26H30O2. The number of benzene rings is 3. The number of aryl methyl sites for hydroxylation is 2. The van der Waals surface area contributed by atoms with Crippen molar-refractivity contribution in [2.45, 2.75) is 53.1 Å². The van der Waals surface area contributed by atoms with Crippen LogP contribution < -0.4 is 0 Å². The molecule has 0 aliphatic carbocycles. The Bertz CT molecular complexity index is 969. The largest absolute Gasteiger partial charge is 0.460 e. The Kier molecular flexibility index (Phi) is 5.60. The summed E-state index contributed by atoms with van der Waals surface area (Å²) in [6, 6.07) is 21.3. The first-order valence-corrected chi connectivity index (χ1v) is 9.94. The molecule has 2 heteroatoms. The fourth-order valence-corrected chi connectivity index (χ4v) is 3.98. The van der Waals surface area contributed by atoms with Crippen LogP contribution in [0.5, 0.6) is 0 Å². The van der Waals surface area contributed by atoms with Crippen molar-refractivity contribution >= 4 is 16.7 Å². The Balaban J connectivity index is 2.18. The van der Waals surface area contributed by atoms with Gasteiger partial charge in [0, 0.05) is 5.92 Å². The zero-order valence-electron chi connectivity index (χ0n) is 17.7. The molecule has 2 atom stereocenters. The van der Waals surface area contributed by atoms with E-state index in [2.05, 4.69) is 74.5 Å². The van der Waals surface area contributed by atoms with E-state index < -0.39 is 5.60 Å². The molecule has 0 aliphatic rings. The normalized spacial score (nSPS) is 13.9. The molecule has 0 aromatic heterocycles. The van der Waals surface area contributed by atoms with E-state index in [9.17, 15) is 4.79 Å². The molecule has 3 aromatic rings. The summed E-state index contributed by atoms with van der Waals surface area (Å²) in [6.07, 6.45) is 0. The summed E-state index contributed by atoms with van der Waals surface area (Å²) in [5.41, 5.74) is 4.24. The van der Waals surface area contributed by atoms with Gasteiger partial charge in [0.1, 0.15) is 5.60 Å². The average molecular weight is 375 g/mol. The van der Waals surface area contributed by atoms with E-state index in [1.54, 1.807) is 0 Å². The maximum absolute atomic E-state index is 13.0. The van der Waals surface area contributed by atoms with Gasteiger partial charge >= 0.3 is 5.97 Å². The van der Waals surface area contributed by atoms with Crippen LogP contribution in [0.4, 0.5) is 0 Å². The highest BCUT2D eigenvalue weighted by atomic mass is 16.6. The summed E-state index contributed by atoms with van der Waals surface area (Å²) in [4.78, 5) is 13.0. The molecule has 0 fully saturated rings. The van der Waals surface area contributed by atoms with E-state index in [0.717, 1.165) is 5.56 Å². The van der Waals surface area contributed by atoms with Gasteiger partial charge in [-0.25, -0.2) is 0 Å². The van der Waals surface area contributed by atoms with E-state index in [4.69, 9.17) is 4.74 Å². The highest BCUT2D eigenvalue weighted by Crippen LogP contribution is 2.38. The van der Waals surface area contributed by atoms with Gasteiger partial charge in [0.15, 0.2) is 0 Å². The molecule has 3 aromatic carbocycles. The molecule has 0 radical (unpaired) electrons. The van der Waals surface area contributed by atoms with E-state index in [1.165, 1.54) is 27.5 Å². The van der Waals surface area contributed by atoms with Gasteiger partial charge in [0.2, 0.25) is 0 Å². The zero-order chi connectivity index (χ0) is 20.5. The molecule has 0 saturated heterocycles. The molecule has 146 valence electrons. The lowest BCUT2D eigenvalue weighted by atomic mass is 9.79. The molecule has 2 unspecified atom stereocenters. The predicted molar refractivity (Wildman–Crippen MR) is 117 cm³/mol. The minimum absolute atomic E-state index is 0.0699. The molecule has 3 rings (SSSR count). The van der Waals surface area contributed by atoms with Gasteiger partial charge in [0.05, 0.1) is 5.92 Å². The van der Waals surface area contributed by atoms with Gasteiger partial charge in [0.25, 0.3) is 0 Å². The Morgan fingerprint density at radius 1 is 0.893 bits per heavy atom. The molecule has 0 spiro atoms. The molecule has 0 amide bonds. The predicted octanol–water partition coefficient (Wildman–Crippen LogP) is 6.57.